The molecule has 3 heterocycles. The Morgan fingerprint density at radius 3 is 2.00 bits per heavy atom. The van der Waals surface area contributed by atoms with E-state index in [4.69, 9.17) is 14.5 Å². The van der Waals surface area contributed by atoms with Crippen LogP contribution in [0.2, 0.25) is 0 Å². The number of hydrogen-bond acceptors (Lipinski definition) is 6. The lowest BCUT2D eigenvalue weighted by atomic mass is 10.0. The Labute approximate surface area is 182 Å². The highest BCUT2D eigenvalue weighted by atomic mass is 16.5. The summed E-state index contributed by atoms with van der Waals surface area (Å²) in [5.74, 6) is 1.13. The smallest absolute Gasteiger partial charge is 0.233 e. The fourth-order valence-electron chi connectivity index (χ4n) is 4.00. The fourth-order valence-corrected chi connectivity index (χ4v) is 4.00. The van der Waals surface area contributed by atoms with Gasteiger partial charge in [0.1, 0.15) is 6.10 Å². The molecule has 0 spiro atoms. The molecule has 0 aliphatic carbocycles. The molecule has 2 aliphatic rings. The van der Waals surface area contributed by atoms with Crippen molar-refractivity contribution in [2.45, 2.75) is 25.0 Å². The molecule has 0 amide bonds. The Balaban J connectivity index is 1.28. The summed E-state index contributed by atoms with van der Waals surface area (Å²) in [7, 11) is 0. The highest BCUT2D eigenvalue weighted by Gasteiger charge is 2.30. The van der Waals surface area contributed by atoms with Crippen LogP contribution in [0.4, 0.5) is 5.82 Å². The van der Waals surface area contributed by atoms with E-state index >= 15 is 0 Å². The van der Waals surface area contributed by atoms with Gasteiger partial charge in [-0.3, -0.25) is 4.90 Å². The largest absolute Gasteiger partial charge is 0.473 e. The molecule has 1 aromatic heterocycles. The molecule has 0 N–H and O–H groups in total. The van der Waals surface area contributed by atoms with Crippen LogP contribution in [0, 0.1) is 0 Å². The second-order valence-corrected chi connectivity index (χ2v) is 7.97. The average molecular weight is 415 g/mol. The SMILES string of the molecule is c1ccc(C(=Nc2ccc(OC3CCN(C4COC4)CC3)nn2)c2ccccc2)cc1. The molecule has 0 saturated carbocycles. The predicted octanol–water partition coefficient (Wildman–Crippen LogP) is 3.89. The second-order valence-electron chi connectivity index (χ2n) is 7.97. The first kappa shape index (κ1) is 19.8. The molecule has 2 aliphatic heterocycles. The van der Waals surface area contributed by atoms with Crippen molar-refractivity contribution in [2.24, 2.45) is 4.99 Å². The van der Waals surface area contributed by atoms with E-state index < -0.39 is 0 Å². The summed E-state index contributed by atoms with van der Waals surface area (Å²) in [5.41, 5.74) is 2.95. The summed E-state index contributed by atoms with van der Waals surface area (Å²) < 4.78 is 11.4. The molecular weight excluding hydrogens is 388 g/mol. The van der Waals surface area contributed by atoms with Crippen molar-refractivity contribution < 1.29 is 9.47 Å². The highest BCUT2D eigenvalue weighted by molar-refractivity contribution is 6.13. The molecule has 3 aromatic rings. The van der Waals surface area contributed by atoms with Gasteiger partial charge in [-0.1, -0.05) is 60.7 Å². The van der Waals surface area contributed by atoms with Gasteiger partial charge in [-0.25, -0.2) is 4.99 Å². The number of aliphatic imine (C=N–C) groups is 1. The quantitative estimate of drug-likeness (QED) is 0.573. The zero-order valence-electron chi connectivity index (χ0n) is 17.4. The minimum Gasteiger partial charge on any atom is -0.473 e. The molecule has 2 aromatic carbocycles. The summed E-state index contributed by atoms with van der Waals surface area (Å²) in [6.07, 6.45) is 2.19. The first-order valence-electron chi connectivity index (χ1n) is 10.9. The molecule has 5 rings (SSSR count). The van der Waals surface area contributed by atoms with E-state index in [-0.39, 0.29) is 6.10 Å². The standard InChI is InChI=1S/C25H26N4O2/c1-3-7-19(8-4-1)25(20-9-5-2-6-10-20)26-23-11-12-24(28-27-23)31-22-13-15-29(16-14-22)21-17-30-18-21/h1-12,21-22H,13-18H2. The van der Waals surface area contributed by atoms with Crippen molar-refractivity contribution in [2.75, 3.05) is 26.3 Å². The molecule has 0 atom stereocenters. The molecule has 31 heavy (non-hydrogen) atoms. The van der Waals surface area contributed by atoms with Gasteiger partial charge in [-0.15, -0.1) is 10.2 Å². The maximum absolute atomic E-state index is 6.08. The van der Waals surface area contributed by atoms with Crippen LogP contribution in [0.3, 0.4) is 0 Å². The Morgan fingerprint density at radius 2 is 1.48 bits per heavy atom. The molecule has 2 fully saturated rings. The molecule has 0 radical (unpaired) electrons. The number of piperidine rings is 1. The van der Waals surface area contributed by atoms with Gasteiger partial charge in [0, 0.05) is 30.3 Å². The maximum atomic E-state index is 6.08. The minimum absolute atomic E-state index is 0.185. The highest BCUT2D eigenvalue weighted by Crippen LogP contribution is 2.22. The summed E-state index contributed by atoms with van der Waals surface area (Å²) in [4.78, 5) is 7.30. The number of nitrogens with zero attached hydrogens (tertiary/aromatic N) is 4. The Hall–Kier alpha value is -3.09. The van der Waals surface area contributed by atoms with E-state index in [1.165, 1.54) is 0 Å². The van der Waals surface area contributed by atoms with Gasteiger partial charge < -0.3 is 9.47 Å². The van der Waals surface area contributed by atoms with Crippen molar-refractivity contribution in [3.8, 4) is 5.88 Å². The third-order valence-electron chi connectivity index (χ3n) is 5.85. The minimum atomic E-state index is 0.185. The van der Waals surface area contributed by atoms with E-state index in [9.17, 15) is 0 Å². The van der Waals surface area contributed by atoms with Crippen molar-refractivity contribution in [1.82, 2.24) is 15.1 Å². The summed E-state index contributed by atoms with van der Waals surface area (Å²) in [6, 6.07) is 24.6. The van der Waals surface area contributed by atoms with E-state index in [1.54, 1.807) is 0 Å². The van der Waals surface area contributed by atoms with E-state index in [2.05, 4.69) is 39.4 Å². The van der Waals surface area contributed by atoms with Crippen molar-refractivity contribution in [3.63, 3.8) is 0 Å². The number of hydrogen-bond donors (Lipinski definition) is 0. The maximum Gasteiger partial charge on any atom is 0.233 e. The Kier molecular flexibility index (Phi) is 6.00. The van der Waals surface area contributed by atoms with E-state index in [1.807, 2.05) is 48.5 Å². The first-order valence-corrected chi connectivity index (χ1v) is 10.9. The molecule has 2 saturated heterocycles. The molecule has 0 bridgehead atoms. The number of aromatic nitrogens is 2. The topological polar surface area (TPSA) is 59.8 Å². The van der Waals surface area contributed by atoms with Crippen LogP contribution in [0.1, 0.15) is 24.0 Å². The third kappa shape index (κ3) is 4.81. The van der Waals surface area contributed by atoms with Crippen LogP contribution in [0.15, 0.2) is 77.8 Å². The van der Waals surface area contributed by atoms with Crippen LogP contribution < -0.4 is 4.74 Å². The van der Waals surface area contributed by atoms with Gasteiger partial charge in [-0.05, 0) is 18.9 Å². The van der Waals surface area contributed by atoms with E-state index in [0.717, 1.165) is 56.0 Å². The van der Waals surface area contributed by atoms with Crippen LogP contribution in [0.25, 0.3) is 0 Å². The second kappa shape index (κ2) is 9.37. The summed E-state index contributed by atoms with van der Waals surface area (Å²) in [6.45, 7) is 3.83. The normalized spacial score (nSPS) is 17.7. The molecule has 158 valence electrons. The number of likely N-dealkylation sites (tertiary alicyclic amines) is 1. The van der Waals surface area contributed by atoms with Crippen molar-refractivity contribution in [3.05, 3.63) is 83.9 Å². The van der Waals surface area contributed by atoms with E-state index in [0.29, 0.717) is 17.7 Å². The van der Waals surface area contributed by atoms with Gasteiger partial charge in [0.2, 0.25) is 5.88 Å². The lowest BCUT2D eigenvalue weighted by molar-refractivity contribution is -0.0780. The first-order chi connectivity index (χ1) is 15.3. The number of rotatable bonds is 6. The summed E-state index contributed by atoms with van der Waals surface area (Å²) in [5, 5.41) is 8.59. The van der Waals surface area contributed by atoms with Gasteiger partial charge in [0.05, 0.1) is 25.0 Å². The lowest BCUT2D eigenvalue weighted by Crippen LogP contribution is -2.52. The van der Waals surface area contributed by atoms with Gasteiger partial charge in [-0.2, -0.15) is 0 Å². The van der Waals surface area contributed by atoms with Gasteiger partial charge in [0.25, 0.3) is 0 Å². The number of benzene rings is 2. The molecular formula is C25H26N4O2. The Bertz CT molecular complexity index is 955. The van der Waals surface area contributed by atoms with Crippen LogP contribution in [-0.4, -0.2) is 59.3 Å². The molecule has 6 nitrogen and oxygen atoms in total. The average Bonchev–Trinajstić information content (AvgIpc) is 2.80. The summed E-state index contributed by atoms with van der Waals surface area (Å²) >= 11 is 0. The predicted molar refractivity (Wildman–Crippen MR) is 120 cm³/mol. The number of ether oxygens (including phenoxy) is 2. The van der Waals surface area contributed by atoms with Crippen LogP contribution >= 0.6 is 0 Å². The molecule has 0 unspecified atom stereocenters. The zero-order chi connectivity index (χ0) is 20.9. The van der Waals surface area contributed by atoms with Gasteiger partial charge in [0.15, 0.2) is 5.82 Å². The van der Waals surface area contributed by atoms with Crippen LogP contribution in [-0.2, 0) is 4.74 Å². The zero-order valence-corrected chi connectivity index (χ0v) is 17.4. The van der Waals surface area contributed by atoms with Crippen molar-refractivity contribution >= 4 is 11.5 Å². The Morgan fingerprint density at radius 1 is 0.839 bits per heavy atom. The molecule has 6 heteroatoms. The van der Waals surface area contributed by atoms with Crippen molar-refractivity contribution in [1.29, 1.82) is 0 Å². The fraction of sp³-hybridized carbons (Fsp3) is 0.320. The monoisotopic (exact) mass is 414 g/mol. The third-order valence-corrected chi connectivity index (χ3v) is 5.85. The van der Waals surface area contributed by atoms with Crippen LogP contribution in [0.5, 0.6) is 5.88 Å². The van der Waals surface area contributed by atoms with Gasteiger partial charge >= 0.3 is 0 Å². The lowest BCUT2D eigenvalue weighted by Gasteiger charge is -2.41.